The molecule has 0 unspecified atom stereocenters. The number of hydrogen-bond donors (Lipinski definition) is 2. The zero-order valence-corrected chi connectivity index (χ0v) is 24.3. The summed E-state index contributed by atoms with van der Waals surface area (Å²) in [7, 11) is -1.05. The smallest absolute Gasteiger partial charge is 0.324 e. The van der Waals surface area contributed by atoms with Crippen LogP contribution in [0.2, 0.25) is 10.0 Å². The maximum absolute atomic E-state index is 13.5. The molecule has 2 amide bonds. The maximum Gasteiger partial charge on any atom is 0.324 e. The lowest BCUT2D eigenvalue weighted by Gasteiger charge is -2.23. The molecule has 4 aromatic carbocycles. The minimum absolute atomic E-state index is 0.0796. The van der Waals surface area contributed by atoms with Crippen LogP contribution in [-0.2, 0) is 21.4 Å². The number of aliphatic carboxylic acids is 1. The number of hydrogen-bond acceptors (Lipinski definition) is 5. The third kappa shape index (κ3) is 6.79. The van der Waals surface area contributed by atoms with E-state index in [-0.39, 0.29) is 39.0 Å². The first kappa shape index (κ1) is 29.9. The van der Waals surface area contributed by atoms with Crippen LogP contribution in [0.25, 0.3) is 10.8 Å². The number of nitrogens with zero attached hydrogens (tertiary/aromatic N) is 2. The first-order valence-corrected chi connectivity index (χ1v) is 14.4. The number of sulfonamides is 1. The van der Waals surface area contributed by atoms with E-state index in [1.54, 1.807) is 62.6 Å². The fraction of sp³-hybridized carbons (Fsp3) is 0.138. The SMILES string of the molecule is CN(C)C(=O)c1cccc(CNC(=O)c2cccc3cc(N(CC(=O)O)S(=O)(=O)c4cc(Cl)cc(Cl)c4)ccc23)c1. The lowest BCUT2D eigenvalue weighted by atomic mass is 10.0. The lowest BCUT2D eigenvalue weighted by molar-refractivity contribution is -0.135. The standard InChI is InChI=1S/C29H25Cl2N3O6S/c1-33(2)29(38)20-7-3-5-18(11-20)16-32-28(37)26-8-4-6-19-12-23(9-10-25(19)26)34(17-27(35)36)41(39,40)24-14-21(30)13-22(31)15-24/h3-15H,16-17H2,1-2H3,(H,32,37)(H,35,36). The third-order valence-corrected chi connectivity index (χ3v) is 8.32. The Balaban J connectivity index is 1.64. The van der Waals surface area contributed by atoms with Crippen molar-refractivity contribution in [2.75, 3.05) is 24.9 Å². The summed E-state index contributed by atoms with van der Waals surface area (Å²) in [5, 5.41) is 13.5. The first-order chi connectivity index (χ1) is 19.4. The second-order valence-electron chi connectivity index (χ2n) is 9.30. The van der Waals surface area contributed by atoms with Crippen LogP contribution in [-0.4, -0.2) is 56.8 Å². The Morgan fingerprint density at radius 1 is 0.878 bits per heavy atom. The number of carbonyl (C=O) groups is 3. The van der Waals surface area contributed by atoms with Gasteiger partial charge >= 0.3 is 5.97 Å². The monoisotopic (exact) mass is 613 g/mol. The molecule has 0 bridgehead atoms. The van der Waals surface area contributed by atoms with Crippen molar-refractivity contribution in [3.05, 3.63) is 106 Å². The zero-order chi connectivity index (χ0) is 29.9. The molecule has 2 N–H and O–H groups in total. The van der Waals surface area contributed by atoms with E-state index in [0.717, 1.165) is 9.87 Å². The van der Waals surface area contributed by atoms with Crippen molar-refractivity contribution in [3.8, 4) is 0 Å². The van der Waals surface area contributed by atoms with Gasteiger partial charge in [-0.1, -0.05) is 53.5 Å². The predicted molar refractivity (Wildman–Crippen MR) is 158 cm³/mol. The number of carboxylic acid groups (broad SMARTS) is 1. The Labute approximate surface area is 246 Å². The molecule has 212 valence electrons. The normalized spacial score (nSPS) is 11.2. The minimum Gasteiger partial charge on any atom is -0.480 e. The van der Waals surface area contributed by atoms with Crippen LogP contribution in [0.5, 0.6) is 0 Å². The highest BCUT2D eigenvalue weighted by molar-refractivity contribution is 7.92. The number of benzene rings is 4. The van der Waals surface area contributed by atoms with Crippen LogP contribution in [0.15, 0.2) is 83.8 Å². The Bertz CT molecular complexity index is 1760. The van der Waals surface area contributed by atoms with Gasteiger partial charge in [-0.15, -0.1) is 0 Å². The van der Waals surface area contributed by atoms with E-state index < -0.39 is 22.5 Å². The van der Waals surface area contributed by atoms with Crippen LogP contribution in [0, 0.1) is 0 Å². The molecule has 0 saturated carbocycles. The van der Waals surface area contributed by atoms with Crippen molar-refractivity contribution in [2.24, 2.45) is 0 Å². The van der Waals surface area contributed by atoms with Crippen molar-refractivity contribution in [3.63, 3.8) is 0 Å². The van der Waals surface area contributed by atoms with Crippen LogP contribution in [0.3, 0.4) is 0 Å². The number of nitrogens with one attached hydrogen (secondary N) is 1. The second-order valence-corrected chi connectivity index (χ2v) is 12.0. The third-order valence-electron chi connectivity index (χ3n) is 6.13. The molecule has 0 fully saturated rings. The lowest BCUT2D eigenvalue weighted by Crippen LogP contribution is -2.35. The van der Waals surface area contributed by atoms with Crippen molar-refractivity contribution in [2.45, 2.75) is 11.4 Å². The van der Waals surface area contributed by atoms with Gasteiger partial charge in [0.25, 0.3) is 21.8 Å². The molecule has 4 rings (SSSR count). The van der Waals surface area contributed by atoms with E-state index in [4.69, 9.17) is 23.2 Å². The Kier molecular flexibility index (Phi) is 8.86. The van der Waals surface area contributed by atoms with Gasteiger partial charge in [0.2, 0.25) is 0 Å². The molecule has 41 heavy (non-hydrogen) atoms. The van der Waals surface area contributed by atoms with Gasteiger partial charge in [-0.05, 0) is 64.9 Å². The van der Waals surface area contributed by atoms with Gasteiger partial charge in [0, 0.05) is 41.8 Å². The summed E-state index contributed by atoms with van der Waals surface area (Å²) in [5.41, 5.74) is 1.66. The summed E-state index contributed by atoms with van der Waals surface area (Å²) in [6.45, 7) is -0.678. The number of carboxylic acids is 1. The summed E-state index contributed by atoms with van der Waals surface area (Å²) in [5.74, 6) is -1.90. The summed E-state index contributed by atoms with van der Waals surface area (Å²) < 4.78 is 27.7. The number of amides is 2. The molecule has 12 heteroatoms. The summed E-state index contributed by atoms with van der Waals surface area (Å²) in [6.07, 6.45) is 0. The Morgan fingerprint density at radius 2 is 1.56 bits per heavy atom. The van der Waals surface area contributed by atoms with Crippen molar-refractivity contribution in [1.29, 1.82) is 0 Å². The molecule has 0 aliphatic carbocycles. The highest BCUT2D eigenvalue weighted by Gasteiger charge is 2.28. The van der Waals surface area contributed by atoms with Gasteiger partial charge in [-0.3, -0.25) is 18.7 Å². The molecule has 0 atom stereocenters. The zero-order valence-electron chi connectivity index (χ0n) is 22.0. The summed E-state index contributed by atoms with van der Waals surface area (Å²) >= 11 is 12.0. The van der Waals surface area contributed by atoms with Gasteiger partial charge < -0.3 is 15.3 Å². The van der Waals surface area contributed by atoms with E-state index in [0.29, 0.717) is 21.9 Å². The Hall–Kier alpha value is -4.12. The molecule has 0 aliphatic rings. The number of fused-ring (bicyclic) bond motifs is 1. The fourth-order valence-corrected chi connectivity index (χ4v) is 6.35. The van der Waals surface area contributed by atoms with Crippen molar-refractivity contribution >= 4 is 67.5 Å². The van der Waals surface area contributed by atoms with Gasteiger partial charge in [0.05, 0.1) is 10.6 Å². The maximum atomic E-state index is 13.5. The molecular formula is C29H25Cl2N3O6S. The number of rotatable bonds is 9. The highest BCUT2D eigenvalue weighted by atomic mass is 35.5. The second kappa shape index (κ2) is 12.2. The van der Waals surface area contributed by atoms with E-state index in [1.807, 2.05) is 0 Å². The average Bonchev–Trinajstić information content (AvgIpc) is 2.93. The predicted octanol–water partition coefficient (Wildman–Crippen LogP) is 5.06. The van der Waals surface area contributed by atoms with Crippen molar-refractivity contribution < 1.29 is 27.9 Å². The van der Waals surface area contributed by atoms with Gasteiger partial charge in [0.1, 0.15) is 6.54 Å². The molecule has 0 radical (unpaired) electrons. The number of anilines is 1. The highest BCUT2D eigenvalue weighted by Crippen LogP contribution is 2.31. The van der Waals surface area contributed by atoms with Gasteiger partial charge in [-0.25, -0.2) is 8.42 Å². The van der Waals surface area contributed by atoms with Gasteiger partial charge in [-0.2, -0.15) is 0 Å². The first-order valence-electron chi connectivity index (χ1n) is 12.2. The summed E-state index contributed by atoms with van der Waals surface area (Å²) in [6, 6.07) is 20.1. The van der Waals surface area contributed by atoms with Crippen LogP contribution in [0.1, 0.15) is 26.3 Å². The van der Waals surface area contributed by atoms with Crippen molar-refractivity contribution in [1.82, 2.24) is 10.2 Å². The minimum atomic E-state index is -4.37. The average molecular weight is 615 g/mol. The summed E-state index contributed by atoms with van der Waals surface area (Å²) in [4.78, 5) is 38.3. The van der Waals surface area contributed by atoms with Gasteiger partial charge in [0.15, 0.2) is 0 Å². The van der Waals surface area contributed by atoms with Crippen LogP contribution < -0.4 is 9.62 Å². The van der Waals surface area contributed by atoms with Crippen LogP contribution >= 0.6 is 23.2 Å². The topological polar surface area (TPSA) is 124 Å². The van der Waals surface area contributed by atoms with E-state index >= 15 is 0 Å². The molecular weight excluding hydrogens is 589 g/mol. The number of carbonyl (C=O) groups excluding carboxylic acids is 2. The van der Waals surface area contributed by atoms with Crippen LogP contribution in [0.4, 0.5) is 5.69 Å². The van der Waals surface area contributed by atoms with E-state index in [2.05, 4.69) is 5.32 Å². The molecule has 0 aliphatic heterocycles. The number of halogens is 2. The molecule has 4 aromatic rings. The molecule has 0 heterocycles. The van der Waals surface area contributed by atoms with E-state index in [1.165, 1.54) is 35.2 Å². The quantitative estimate of drug-likeness (QED) is 0.272. The fourth-order valence-electron chi connectivity index (χ4n) is 4.22. The molecule has 0 saturated heterocycles. The van der Waals surface area contributed by atoms with E-state index in [9.17, 15) is 27.9 Å². The molecule has 0 aromatic heterocycles. The molecule has 9 nitrogen and oxygen atoms in total. The largest absolute Gasteiger partial charge is 0.480 e. The molecule has 0 spiro atoms. The Morgan fingerprint density at radius 3 is 2.22 bits per heavy atom.